The normalized spacial score (nSPS) is 22.8. The summed E-state index contributed by atoms with van der Waals surface area (Å²) in [6.07, 6.45) is 38.6. The van der Waals surface area contributed by atoms with Gasteiger partial charge in [-0.05, 0) is 122 Å². The molecule has 0 amide bonds. The van der Waals surface area contributed by atoms with E-state index in [1.807, 2.05) is 122 Å². The Labute approximate surface area is 183 Å². The molecule has 0 aliphatic heterocycles. The van der Waals surface area contributed by atoms with Gasteiger partial charge in [0, 0.05) is 5.92 Å². The number of hydrogen-bond donors (Lipinski definition) is 0. The molecule has 0 bridgehead atoms. The van der Waals surface area contributed by atoms with Gasteiger partial charge in [-0.25, -0.2) is 0 Å². The molecule has 4 rings (SSSR count). The minimum absolute atomic E-state index is 0. The van der Waals surface area contributed by atoms with Crippen LogP contribution >= 0.6 is 0 Å². The van der Waals surface area contributed by atoms with E-state index in [2.05, 4.69) is 0 Å². The van der Waals surface area contributed by atoms with E-state index in [9.17, 15) is 4.79 Å². The monoisotopic (exact) mass is 424 g/mol. The van der Waals surface area contributed by atoms with Gasteiger partial charge < -0.3 is 0 Å². The van der Waals surface area contributed by atoms with E-state index in [-0.39, 0.29) is 39.9 Å². The molecule has 1 nitrogen and oxygen atoms in total. The van der Waals surface area contributed by atoms with E-state index in [4.69, 9.17) is 0 Å². The summed E-state index contributed by atoms with van der Waals surface area (Å²) in [5.74, 6) is 1.86. The second-order valence-electron chi connectivity index (χ2n) is 5.01. The molecular formula is C23H20Fe2O+4. The third-order valence-corrected chi connectivity index (χ3v) is 3.17. The minimum Gasteiger partial charge on any atom is -0.294 e. The molecule has 0 atom stereocenters. The fourth-order valence-electron chi connectivity index (χ4n) is 1.95. The average molecular weight is 424 g/mol. The van der Waals surface area contributed by atoms with Crippen LogP contribution < -0.4 is 0 Å². The number of carbonyl (C=O) groups excluding carboxylic acids is 1. The maximum Gasteiger partial charge on any atom is 2.00 e. The van der Waals surface area contributed by atoms with Crippen molar-refractivity contribution >= 4 is 5.78 Å². The van der Waals surface area contributed by atoms with E-state index in [0.29, 0.717) is 0 Å². The summed E-state index contributed by atoms with van der Waals surface area (Å²) in [6, 6.07) is 0. The summed E-state index contributed by atoms with van der Waals surface area (Å²) < 4.78 is 0. The van der Waals surface area contributed by atoms with Crippen LogP contribution in [0.2, 0.25) is 0 Å². The first kappa shape index (κ1) is 26.4. The third-order valence-electron chi connectivity index (χ3n) is 3.17. The van der Waals surface area contributed by atoms with Gasteiger partial charge in [0.05, 0.1) is 5.92 Å². The third kappa shape index (κ3) is 12.0. The first-order valence-corrected chi connectivity index (χ1v) is 7.85. The van der Waals surface area contributed by atoms with Crippen molar-refractivity contribution in [1.29, 1.82) is 0 Å². The Hall–Kier alpha value is 0.449. The van der Waals surface area contributed by atoms with Gasteiger partial charge in [0.15, 0.2) is 5.78 Å². The SMILES string of the molecule is O=C(/C=C/[C]1[CH][CH][CH][CH]1)[C]1[CH][CH][CH][CH]1.[CH]1[CH][CH][CH][CH]1.[CH]1[CH][CH][CH][CH]1.[Fe+2].[Fe+2]. The summed E-state index contributed by atoms with van der Waals surface area (Å²) in [5, 5.41) is 0. The Morgan fingerprint density at radius 2 is 0.885 bits per heavy atom. The van der Waals surface area contributed by atoms with Crippen molar-refractivity contribution in [1.82, 2.24) is 0 Å². The van der Waals surface area contributed by atoms with Gasteiger partial charge in [-0.15, -0.1) is 0 Å². The van der Waals surface area contributed by atoms with Crippen LogP contribution in [0.25, 0.3) is 0 Å². The van der Waals surface area contributed by atoms with E-state index >= 15 is 0 Å². The molecule has 0 aromatic heterocycles. The van der Waals surface area contributed by atoms with Crippen molar-refractivity contribution in [2.75, 3.05) is 0 Å². The van der Waals surface area contributed by atoms with Gasteiger partial charge in [-0.2, -0.15) is 0 Å². The van der Waals surface area contributed by atoms with Crippen LogP contribution in [0.15, 0.2) is 12.2 Å². The Kier molecular flexibility index (Phi) is 17.8. The van der Waals surface area contributed by atoms with Crippen molar-refractivity contribution in [2.24, 2.45) is 0 Å². The first-order valence-electron chi connectivity index (χ1n) is 7.85. The molecule has 4 aliphatic carbocycles. The van der Waals surface area contributed by atoms with Gasteiger partial charge >= 0.3 is 34.1 Å². The second-order valence-corrected chi connectivity index (χ2v) is 5.01. The molecule has 20 radical (unpaired) electrons. The summed E-state index contributed by atoms with van der Waals surface area (Å²) in [4.78, 5) is 11.5. The Morgan fingerprint density at radius 1 is 0.538 bits per heavy atom. The van der Waals surface area contributed by atoms with Crippen molar-refractivity contribution in [2.45, 2.75) is 0 Å². The molecule has 4 fully saturated rings. The molecule has 26 heavy (non-hydrogen) atoms. The first-order chi connectivity index (χ1) is 11.9. The van der Waals surface area contributed by atoms with Crippen molar-refractivity contribution < 1.29 is 38.9 Å². The average Bonchev–Trinajstić information content (AvgIpc) is 3.42. The number of carbonyl (C=O) groups is 1. The maximum absolute atomic E-state index is 11.5. The zero-order valence-corrected chi connectivity index (χ0v) is 16.4. The molecule has 0 unspecified atom stereocenters. The molecule has 130 valence electrons. The van der Waals surface area contributed by atoms with Crippen molar-refractivity contribution in [3.63, 3.8) is 0 Å². The van der Waals surface area contributed by atoms with E-state index in [1.165, 1.54) is 0 Å². The summed E-state index contributed by atoms with van der Waals surface area (Å²) >= 11 is 0. The molecular weight excluding hydrogens is 404 g/mol. The van der Waals surface area contributed by atoms with E-state index in [0.717, 1.165) is 11.8 Å². The van der Waals surface area contributed by atoms with Gasteiger partial charge in [-0.3, -0.25) is 4.79 Å². The largest absolute Gasteiger partial charge is 2.00 e. The standard InChI is InChI=1S/C13H10O.2C5H5.2Fe/c14-13(12-7-3-4-8-12)10-9-11-5-1-2-6-11;2*1-2-4-5-3-1;;/h1-10H;2*1-5H;;/q;;;2*+2/b10-9+;;;;. The quantitative estimate of drug-likeness (QED) is 0.496. The number of ketones is 1. The molecule has 4 aliphatic rings. The number of hydrogen-bond acceptors (Lipinski definition) is 1. The summed E-state index contributed by atoms with van der Waals surface area (Å²) in [7, 11) is 0. The maximum atomic E-state index is 11.5. The van der Waals surface area contributed by atoms with Gasteiger partial charge in [0.25, 0.3) is 0 Å². The molecule has 0 N–H and O–H groups in total. The molecule has 4 saturated carbocycles. The van der Waals surface area contributed by atoms with E-state index < -0.39 is 0 Å². The van der Waals surface area contributed by atoms with Crippen LogP contribution in [0.3, 0.4) is 0 Å². The van der Waals surface area contributed by atoms with Gasteiger partial charge in [0.2, 0.25) is 0 Å². The van der Waals surface area contributed by atoms with Crippen LogP contribution in [-0.2, 0) is 38.9 Å². The molecule has 0 spiro atoms. The van der Waals surface area contributed by atoms with E-state index in [1.54, 1.807) is 6.08 Å². The fraction of sp³-hybridized carbons (Fsp3) is 0. The number of allylic oxidation sites excluding steroid dienone is 2. The Morgan fingerprint density at radius 3 is 1.27 bits per heavy atom. The predicted octanol–water partition coefficient (Wildman–Crippen LogP) is 3.96. The second kappa shape index (κ2) is 17.5. The van der Waals surface area contributed by atoms with Crippen molar-refractivity contribution in [3.8, 4) is 0 Å². The smallest absolute Gasteiger partial charge is 0.294 e. The Bertz CT molecular complexity index is 322. The molecule has 0 heterocycles. The predicted molar refractivity (Wildman–Crippen MR) is 98.0 cm³/mol. The zero-order chi connectivity index (χ0) is 16.9. The van der Waals surface area contributed by atoms with Crippen LogP contribution in [0.4, 0.5) is 0 Å². The zero-order valence-electron chi connectivity index (χ0n) is 14.2. The van der Waals surface area contributed by atoms with Crippen LogP contribution in [0.1, 0.15) is 0 Å². The van der Waals surface area contributed by atoms with Crippen molar-refractivity contribution in [3.05, 3.63) is 140 Å². The van der Waals surface area contributed by atoms with Gasteiger partial charge in [-0.1, -0.05) is 6.08 Å². The van der Waals surface area contributed by atoms with Crippen LogP contribution in [0, 0.1) is 127 Å². The number of rotatable bonds is 3. The molecule has 0 aromatic carbocycles. The summed E-state index contributed by atoms with van der Waals surface area (Å²) in [5.41, 5.74) is 0. The summed E-state index contributed by atoms with van der Waals surface area (Å²) in [6.45, 7) is 0. The molecule has 0 saturated heterocycles. The van der Waals surface area contributed by atoms with Crippen LogP contribution in [-0.4, -0.2) is 5.78 Å². The minimum atomic E-state index is 0. The van der Waals surface area contributed by atoms with Gasteiger partial charge in [0.1, 0.15) is 0 Å². The fourth-order valence-corrected chi connectivity index (χ4v) is 1.95. The molecule has 3 heteroatoms. The van der Waals surface area contributed by atoms with Crippen LogP contribution in [0.5, 0.6) is 0 Å². The molecule has 0 aromatic rings. The topological polar surface area (TPSA) is 17.1 Å². The Balaban J connectivity index is 0.000000432.